The summed E-state index contributed by atoms with van der Waals surface area (Å²) in [5.74, 6) is 0.923. The summed E-state index contributed by atoms with van der Waals surface area (Å²) in [5, 5.41) is 11.0. The highest BCUT2D eigenvalue weighted by Crippen LogP contribution is 2.30. The number of hydrogen-bond acceptors (Lipinski definition) is 6. The van der Waals surface area contributed by atoms with E-state index in [9.17, 15) is 10.1 Å². The molecule has 0 atom stereocenters. The first kappa shape index (κ1) is 13.7. The zero-order valence-electron chi connectivity index (χ0n) is 11.2. The molecule has 0 spiro atoms. The minimum Gasteiger partial charge on any atom is -0.479 e. The lowest BCUT2D eigenvalue weighted by Crippen LogP contribution is -2.06. The van der Waals surface area contributed by atoms with Crippen LogP contribution in [0.3, 0.4) is 0 Å². The van der Waals surface area contributed by atoms with Crippen LogP contribution in [0.5, 0.6) is 5.75 Å². The van der Waals surface area contributed by atoms with E-state index in [2.05, 4.69) is 9.97 Å². The highest BCUT2D eigenvalue weighted by Gasteiger charge is 2.18. The molecule has 0 amide bonds. The summed E-state index contributed by atoms with van der Waals surface area (Å²) in [6.45, 7) is 3.47. The first-order valence-corrected chi connectivity index (χ1v) is 5.94. The Morgan fingerprint density at radius 1 is 1.35 bits per heavy atom. The zero-order valence-corrected chi connectivity index (χ0v) is 11.2. The van der Waals surface area contributed by atoms with Crippen molar-refractivity contribution in [2.45, 2.75) is 20.5 Å². The molecular formula is C13H14N4O3. The molecule has 0 unspecified atom stereocenters. The number of hydrogen-bond donors (Lipinski definition) is 1. The smallest absolute Gasteiger partial charge is 0.313 e. The van der Waals surface area contributed by atoms with Gasteiger partial charge in [-0.15, -0.1) is 0 Å². The molecule has 7 heteroatoms. The van der Waals surface area contributed by atoms with Gasteiger partial charge >= 0.3 is 5.69 Å². The van der Waals surface area contributed by atoms with Crippen LogP contribution in [0.15, 0.2) is 24.3 Å². The van der Waals surface area contributed by atoms with Crippen LogP contribution in [0.25, 0.3) is 0 Å². The van der Waals surface area contributed by atoms with Crippen molar-refractivity contribution in [2.75, 3.05) is 5.73 Å². The summed E-state index contributed by atoms with van der Waals surface area (Å²) in [5.41, 5.74) is 6.82. The quantitative estimate of drug-likeness (QED) is 0.676. The number of aromatic nitrogens is 2. The van der Waals surface area contributed by atoms with E-state index in [0.29, 0.717) is 17.2 Å². The first-order valence-electron chi connectivity index (χ1n) is 5.94. The molecule has 0 aliphatic rings. The second kappa shape index (κ2) is 5.52. The monoisotopic (exact) mass is 274 g/mol. The molecule has 0 saturated carbocycles. The van der Waals surface area contributed by atoms with Gasteiger partial charge in [-0.25, -0.2) is 9.97 Å². The third kappa shape index (κ3) is 3.00. The largest absolute Gasteiger partial charge is 0.479 e. The highest BCUT2D eigenvalue weighted by atomic mass is 16.6. The van der Waals surface area contributed by atoms with Crippen LogP contribution in [0, 0.1) is 24.0 Å². The van der Waals surface area contributed by atoms with Gasteiger partial charge in [-0.1, -0.05) is 12.1 Å². The van der Waals surface area contributed by atoms with E-state index in [1.807, 2.05) is 0 Å². The molecule has 104 valence electrons. The number of para-hydroxylation sites is 1. The van der Waals surface area contributed by atoms with E-state index in [1.54, 1.807) is 38.1 Å². The van der Waals surface area contributed by atoms with Crippen LogP contribution < -0.4 is 10.5 Å². The predicted molar refractivity (Wildman–Crippen MR) is 73.3 cm³/mol. The van der Waals surface area contributed by atoms with Crippen LogP contribution in [0.1, 0.15) is 17.1 Å². The normalized spacial score (nSPS) is 10.3. The summed E-state index contributed by atoms with van der Waals surface area (Å²) in [7, 11) is 0. The molecule has 2 aromatic rings. The topological polar surface area (TPSA) is 104 Å². The summed E-state index contributed by atoms with van der Waals surface area (Å²) in [4.78, 5) is 18.8. The molecule has 0 aliphatic carbocycles. The minimum atomic E-state index is -0.462. The van der Waals surface area contributed by atoms with E-state index < -0.39 is 4.92 Å². The van der Waals surface area contributed by atoms with Crippen LogP contribution in [-0.2, 0) is 6.61 Å². The number of anilines is 1. The average molecular weight is 274 g/mol. The van der Waals surface area contributed by atoms with Gasteiger partial charge < -0.3 is 10.5 Å². The molecular weight excluding hydrogens is 260 g/mol. The first-order chi connectivity index (χ1) is 9.47. The van der Waals surface area contributed by atoms with Crippen molar-refractivity contribution < 1.29 is 9.66 Å². The van der Waals surface area contributed by atoms with Gasteiger partial charge in [-0.3, -0.25) is 10.1 Å². The lowest BCUT2D eigenvalue weighted by atomic mass is 10.2. The third-order valence-corrected chi connectivity index (χ3v) is 2.66. The van der Waals surface area contributed by atoms with Crippen LogP contribution in [0.4, 0.5) is 11.5 Å². The van der Waals surface area contributed by atoms with E-state index in [1.165, 1.54) is 0 Å². The molecule has 2 rings (SSSR count). The number of nitro benzene ring substituents is 1. The third-order valence-electron chi connectivity index (χ3n) is 2.66. The molecule has 0 radical (unpaired) electrons. The fraction of sp³-hybridized carbons (Fsp3) is 0.231. The van der Waals surface area contributed by atoms with Gasteiger partial charge in [0.1, 0.15) is 12.4 Å². The molecule has 0 saturated heterocycles. The zero-order chi connectivity index (χ0) is 14.7. The molecule has 0 bridgehead atoms. The summed E-state index contributed by atoms with van der Waals surface area (Å²) < 4.78 is 5.45. The fourth-order valence-electron chi connectivity index (χ4n) is 1.85. The fourth-order valence-corrected chi connectivity index (χ4v) is 1.85. The van der Waals surface area contributed by atoms with Crippen molar-refractivity contribution in [1.29, 1.82) is 0 Å². The summed E-state index contributed by atoms with van der Waals surface area (Å²) >= 11 is 0. The van der Waals surface area contributed by atoms with Gasteiger partial charge in [0, 0.05) is 17.3 Å². The number of ether oxygens (including phenoxy) is 1. The lowest BCUT2D eigenvalue weighted by molar-refractivity contribution is -0.386. The minimum absolute atomic E-state index is 0.0240. The maximum atomic E-state index is 11.0. The number of benzene rings is 1. The van der Waals surface area contributed by atoms with Crippen molar-refractivity contribution in [1.82, 2.24) is 9.97 Å². The van der Waals surface area contributed by atoms with E-state index in [4.69, 9.17) is 10.5 Å². The van der Waals surface area contributed by atoms with E-state index in [-0.39, 0.29) is 18.0 Å². The average Bonchev–Trinajstić information content (AvgIpc) is 2.34. The SMILES string of the molecule is Cc1cc(N)nc(COc2cccc(C)c2[N+](=O)[O-])n1. The van der Waals surface area contributed by atoms with Gasteiger partial charge in [0.2, 0.25) is 0 Å². The second-order valence-electron chi connectivity index (χ2n) is 4.32. The number of rotatable bonds is 4. The predicted octanol–water partition coefficient (Wildman–Crippen LogP) is 2.16. The maximum absolute atomic E-state index is 11.0. The Labute approximate surface area is 115 Å². The van der Waals surface area contributed by atoms with Crippen LogP contribution >= 0.6 is 0 Å². The van der Waals surface area contributed by atoms with Gasteiger partial charge in [-0.2, -0.15) is 0 Å². The Morgan fingerprint density at radius 2 is 2.10 bits per heavy atom. The highest BCUT2D eigenvalue weighted by molar-refractivity contribution is 5.52. The molecule has 1 heterocycles. The van der Waals surface area contributed by atoms with Gasteiger partial charge in [0.25, 0.3) is 0 Å². The van der Waals surface area contributed by atoms with Crippen LogP contribution in [0.2, 0.25) is 0 Å². The number of nitrogen functional groups attached to an aromatic ring is 1. The standard InChI is InChI=1S/C13H14N4O3/c1-8-4-3-5-10(13(8)17(18)19)20-7-12-15-9(2)6-11(14)16-12/h3-6H,7H2,1-2H3,(H2,14,15,16). The number of nitro groups is 1. The molecule has 20 heavy (non-hydrogen) atoms. The van der Waals surface area contributed by atoms with Crippen molar-refractivity contribution in [3.05, 3.63) is 51.5 Å². The van der Waals surface area contributed by atoms with Crippen molar-refractivity contribution in [2.24, 2.45) is 0 Å². The van der Waals surface area contributed by atoms with Crippen molar-refractivity contribution >= 4 is 11.5 Å². The molecule has 1 aromatic carbocycles. The Kier molecular flexibility index (Phi) is 3.79. The van der Waals surface area contributed by atoms with Crippen molar-refractivity contribution in [3.63, 3.8) is 0 Å². The molecule has 7 nitrogen and oxygen atoms in total. The van der Waals surface area contributed by atoms with E-state index >= 15 is 0 Å². The molecule has 1 aromatic heterocycles. The molecule has 0 fully saturated rings. The Hall–Kier alpha value is -2.70. The van der Waals surface area contributed by atoms with Gasteiger partial charge in [-0.05, 0) is 19.9 Å². The summed E-state index contributed by atoms with van der Waals surface area (Å²) in [6, 6.07) is 6.54. The second-order valence-corrected chi connectivity index (χ2v) is 4.32. The van der Waals surface area contributed by atoms with Gasteiger partial charge in [0.15, 0.2) is 11.6 Å². The summed E-state index contributed by atoms with van der Waals surface area (Å²) in [6.07, 6.45) is 0. The number of nitrogens with two attached hydrogens (primary N) is 1. The number of aryl methyl sites for hydroxylation is 2. The maximum Gasteiger partial charge on any atom is 0.313 e. The van der Waals surface area contributed by atoms with Crippen LogP contribution in [-0.4, -0.2) is 14.9 Å². The molecule has 0 aliphatic heterocycles. The Bertz CT molecular complexity index is 638. The Morgan fingerprint density at radius 3 is 2.75 bits per heavy atom. The lowest BCUT2D eigenvalue weighted by Gasteiger charge is -2.08. The number of nitrogens with zero attached hydrogens (tertiary/aromatic N) is 3. The van der Waals surface area contributed by atoms with Gasteiger partial charge in [0.05, 0.1) is 4.92 Å². The van der Waals surface area contributed by atoms with Crippen molar-refractivity contribution in [3.8, 4) is 5.75 Å². The van der Waals surface area contributed by atoms with E-state index in [0.717, 1.165) is 5.69 Å². The Balaban J connectivity index is 2.23. The molecule has 2 N–H and O–H groups in total.